The molecular formula is C17H29Cl2N3O2. The Bertz CT molecular complexity index is 454. The van der Waals surface area contributed by atoms with Crippen molar-refractivity contribution in [3.05, 3.63) is 35.9 Å². The van der Waals surface area contributed by atoms with Crippen LogP contribution < -0.4 is 11.1 Å². The number of ether oxygens (including phenoxy) is 1. The van der Waals surface area contributed by atoms with Crippen LogP contribution in [0.2, 0.25) is 0 Å². The first-order chi connectivity index (χ1) is 10.7. The summed E-state index contributed by atoms with van der Waals surface area (Å²) in [6.45, 7) is 3.92. The average Bonchev–Trinajstić information content (AvgIpc) is 2.57. The molecule has 2 rings (SSSR count). The number of carbonyl (C=O) groups is 1. The number of nitrogens with zero attached hydrogens (tertiary/aromatic N) is 1. The highest BCUT2D eigenvalue weighted by Gasteiger charge is 2.23. The molecule has 5 nitrogen and oxygen atoms in total. The Balaban J connectivity index is 0.00000264. The summed E-state index contributed by atoms with van der Waals surface area (Å²) in [4.78, 5) is 14.7. The van der Waals surface area contributed by atoms with Gasteiger partial charge in [-0.05, 0) is 24.8 Å². The Hall–Kier alpha value is -0.850. The van der Waals surface area contributed by atoms with Gasteiger partial charge in [0.1, 0.15) is 6.04 Å². The van der Waals surface area contributed by atoms with Crippen LogP contribution in [0.5, 0.6) is 0 Å². The van der Waals surface area contributed by atoms with Crippen molar-refractivity contribution in [3.63, 3.8) is 0 Å². The fourth-order valence-corrected chi connectivity index (χ4v) is 2.84. The predicted molar refractivity (Wildman–Crippen MR) is 102 cm³/mol. The number of likely N-dealkylation sites (tertiary alicyclic amines) is 1. The van der Waals surface area contributed by atoms with E-state index in [0.717, 1.165) is 51.1 Å². The van der Waals surface area contributed by atoms with Crippen LogP contribution in [0.3, 0.4) is 0 Å². The van der Waals surface area contributed by atoms with E-state index in [2.05, 4.69) is 10.2 Å². The third-order valence-electron chi connectivity index (χ3n) is 4.20. The van der Waals surface area contributed by atoms with Gasteiger partial charge in [0, 0.05) is 39.4 Å². The van der Waals surface area contributed by atoms with Gasteiger partial charge in [0.15, 0.2) is 0 Å². The van der Waals surface area contributed by atoms with Crippen molar-refractivity contribution in [3.8, 4) is 0 Å². The van der Waals surface area contributed by atoms with Crippen LogP contribution in [0.4, 0.5) is 0 Å². The minimum Gasteiger partial charge on any atom is -0.385 e. The normalized spacial score (nSPS) is 16.6. The molecule has 0 aliphatic carbocycles. The first kappa shape index (κ1) is 23.1. The molecule has 1 fully saturated rings. The maximum absolute atomic E-state index is 12.2. The fraction of sp³-hybridized carbons (Fsp3) is 0.588. The van der Waals surface area contributed by atoms with Crippen molar-refractivity contribution in [2.75, 3.05) is 33.4 Å². The topological polar surface area (TPSA) is 67.6 Å². The summed E-state index contributed by atoms with van der Waals surface area (Å²) in [6.07, 6.45) is 3.03. The molecule has 1 aliphatic rings. The van der Waals surface area contributed by atoms with Gasteiger partial charge < -0.3 is 20.7 Å². The zero-order valence-corrected chi connectivity index (χ0v) is 15.8. The number of amides is 1. The molecule has 24 heavy (non-hydrogen) atoms. The number of nitrogens with one attached hydrogen (secondary N) is 1. The first-order valence-electron chi connectivity index (χ1n) is 8.03. The molecule has 1 aliphatic heterocycles. The molecule has 1 aromatic rings. The molecule has 1 amide bonds. The molecule has 1 heterocycles. The molecule has 3 N–H and O–H groups in total. The lowest BCUT2D eigenvalue weighted by molar-refractivity contribution is -0.123. The second-order valence-corrected chi connectivity index (χ2v) is 5.86. The van der Waals surface area contributed by atoms with Crippen LogP contribution in [0.1, 0.15) is 30.9 Å². The monoisotopic (exact) mass is 377 g/mol. The molecule has 0 aromatic heterocycles. The number of piperidine rings is 1. The summed E-state index contributed by atoms with van der Waals surface area (Å²) in [5.74, 6) is -0.0796. The van der Waals surface area contributed by atoms with Crippen LogP contribution in [0.25, 0.3) is 0 Å². The molecule has 0 bridgehead atoms. The van der Waals surface area contributed by atoms with Crippen LogP contribution in [0.15, 0.2) is 30.3 Å². The van der Waals surface area contributed by atoms with Gasteiger partial charge in [-0.3, -0.25) is 4.79 Å². The maximum atomic E-state index is 12.2. The quantitative estimate of drug-likeness (QED) is 0.714. The number of rotatable bonds is 7. The van der Waals surface area contributed by atoms with E-state index in [1.165, 1.54) is 0 Å². The van der Waals surface area contributed by atoms with Gasteiger partial charge in [-0.1, -0.05) is 30.3 Å². The molecule has 1 unspecified atom stereocenters. The molecule has 0 spiro atoms. The molecule has 0 radical (unpaired) electrons. The van der Waals surface area contributed by atoms with Crippen LogP contribution in [-0.4, -0.2) is 50.2 Å². The minimum absolute atomic E-state index is 0. The lowest BCUT2D eigenvalue weighted by atomic mass is 10.0. The standard InChI is InChI=1S/C17H27N3O2.2ClH/c1-22-13-5-10-20-11-8-15(9-12-20)19-17(21)16(18)14-6-3-2-4-7-14;;/h2-4,6-7,15-16H,5,8-13,18H2,1H3,(H,19,21);2*1H. The Morgan fingerprint density at radius 2 is 1.92 bits per heavy atom. The van der Waals surface area contributed by atoms with Gasteiger partial charge in [0.05, 0.1) is 0 Å². The summed E-state index contributed by atoms with van der Waals surface area (Å²) in [5, 5.41) is 3.09. The Kier molecular flexibility index (Phi) is 12.1. The average molecular weight is 378 g/mol. The zero-order valence-electron chi connectivity index (χ0n) is 14.1. The third kappa shape index (κ3) is 7.36. The van der Waals surface area contributed by atoms with Crippen LogP contribution >= 0.6 is 24.8 Å². The molecule has 1 aromatic carbocycles. The van der Waals surface area contributed by atoms with Gasteiger partial charge in [-0.2, -0.15) is 0 Å². The number of hydrogen-bond donors (Lipinski definition) is 2. The van der Waals surface area contributed by atoms with Crippen molar-refractivity contribution in [2.24, 2.45) is 5.73 Å². The van der Waals surface area contributed by atoms with Gasteiger partial charge in [0.25, 0.3) is 0 Å². The highest BCUT2D eigenvalue weighted by atomic mass is 35.5. The Labute approximate surface area is 157 Å². The molecule has 0 saturated carbocycles. The predicted octanol–water partition coefficient (Wildman–Crippen LogP) is 2.15. The van der Waals surface area contributed by atoms with Crippen molar-refractivity contribution in [1.82, 2.24) is 10.2 Å². The lowest BCUT2D eigenvalue weighted by Crippen LogP contribution is -2.47. The number of carbonyl (C=O) groups excluding carboxylic acids is 1. The van der Waals surface area contributed by atoms with E-state index in [1.807, 2.05) is 30.3 Å². The van der Waals surface area contributed by atoms with Gasteiger partial charge in [0.2, 0.25) is 5.91 Å². The van der Waals surface area contributed by atoms with E-state index in [9.17, 15) is 4.79 Å². The number of hydrogen-bond acceptors (Lipinski definition) is 4. The van der Waals surface area contributed by atoms with E-state index in [4.69, 9.17) is 10.5 Å². The number of benzene rings is 1. The fourth-order valence-electron chi connectivity index (χ4n) is 2.84. The zero-order chi connectivity index (χ0) is 15.8. The number of nitrogens with two attached hydrogens (primary N) is 1. The highest BCUT2D eigenvalue weighted by molar-refractivity contribution is 5.85. The summed E-state index contributed by atoms with van der Waals surface area (Å²) >= 11 is 0. The van der Waals surface area contributed by atoms with E-state index in [0.29, 0.717) is 0 Å². The van der Waals surface area contributed by atoms with E-state index in [1.54, 1.807) is 7.11 Å². The van der Waals surface area contributed by atoms with Crippen molar-refractivity contribution in [1.29, 1.82) is 0 Å². The molecule has 1 saturated heterocycles. The van der Waals surface area contributed by atoms with E-state index >= 15 is 0 Å². The lowest BCUT2D eigenvalue weighted by Gasteiger charge is -2.32. The van der Waals surface area contributed by atoms with Crippen LogP contribution in [0, 0.1) is 0 Å². The summed E-state index contributed by atoms with van der Waals surface area (Å²) in [7, 11) is 1.73. The Morgan fingerprint density at radius 3 is 2.50 bits per heavy atom. The van der Waals surface area contributed by atoms with Crippen molar-refractivity contribution < 1.29 is 9.53 Å². The van der Waals surface area contributed by atoms with Crippen molar-refractivity contribution in [2.45, 2.75) is 31.3 Å². The second-order valence-electron chi connectivity index (χ2n) is 5.86. The Morgan fingerprint density at radius 1 is 1.29 bits per heavy atom. The SMILES string of the molecule is COCCCN1CCC(NC(=O)C(N)c2ccccc2)CC1.Cl.Cl. The number of methoxy groups -OCH3 is 1. The summed E-state index contributed by atoms with van der Waals surface area (Å²) < 4.78 is 5.08. The minimum atomic E-state index is -0.582. The van der Waals surface area contributed by atoms with Gasteiger partial charge in [-0.15, -0.1) is 24.8 Å². The van der Waals surface area contributed by atoms with Gasteiger partial charge in [-0.25, -0.2) is 0 Å². The van der Waals surface area contributed by atoms with Crippen LogP contribution in [-0.2, 0) is 9.53 Å². The summed E-state index contributed by atoms with van der Waals surface area (Å²) in [6, 6.07) is 9.17. The molecule has 1 atom stereocenters. The molecular weight excluding hydrogens is 349 g/mol. The highest BCUT2D eigenvalue weighted by Crippen LogP contribution is 2.14. The molecule has 7 heteroatoms. The van der Waals surface area contributed by atoms with Gasteiger partial charge >= 0.3 is 0 Å². The first-order valence-corrected chi connectivity index (χ1v) is 8.03. The number of halogens is 2. The van der Waals surface area contributed by atoms with Crippen molar-refractivity contribution >= 4 is 30.7 Å². The van der Waals surface area contributed by atoms with E-state index in [-0.39, 0.29) is 36.8 Å². The smallest absolute Gasteiger partial charge is 0.241 e. The summed E-state index contributed by atoms with van der Waals surface area (Å²) in [5.41, 5.74) is 6.89. The molecule has 138 valence electrons. The maximum Gasteiger partial charge on any atom is 0.241 e. The third-order valence-corrected chi connectivity index (χ3v) is 4.20. The van der Waals surface area contributed by atoms with E-state index < -0.39 is 6.04 Å². The second kappa shape index (κ2) is 12.5. The largest absolute Gasteiger partial charge is 0.385 e.